The number of alkyl halides is 1. The summed E-state index contributed by atoms with van der Waals surface area (Å²) < 4.78 is 12.2. The molecule has 1 aliphatic carbocycles. The smallest absolute Gasteiger partial charge is 0.0894 e. The molecule has 0 spiro atoms. The van der Waals surface area contributed by atoms with Crippen LogP contribution in [0.5, 0.6) is 0 Å². The molecule has 1 unspecified atom stereocenters. The van der Waals surface area contributed by atoms with Crippen molar-refractivity contribution in [3.63, 3.8) is 0 Å². The topological polar surface area (TPSA) is 0 Å². The first-order valence-corrected chi connectivity index (χ1v) is 18.7. The fourth-order valence-electron chi connectivity index (χ4n) is 7.06. The van der Waals surface area contributed by atoms with Crippen LogP contribution >= 0.6 is 0 Å². The summed E-state index contributed by atoms with van der Waals surface area (Å²) >= 11 is 0. The molecule has 248 valence electrons. The number of unbranched alkanes of at least 4 members (excludes halogenated alkanes) is 15. The zero-order chi connectivity index (χ0) is 32.5. The largest absolute Gasteiger partial charge is 0.251 e. The van der Waals surface area contributed by atoms with Crippen LogP contribution in [0.4, 0.5) is 4.39 Å². The number of allylic oxidation sites excluding steroid dienone is 5. The average Bonchev–Trinajstić information content (AvgIpc) is 3.48. The second-order valence-electron chi connectivity index (χ2n) is 14.7. The molecule has 4 rings (SSSR count). The lowest BCUT2D eigenvalue weighted by atomic mass is 9.82. The Bertz CT molecular complexity index is 1390. The number of rotatable bonds is 21. The molecule has 1 atom stereocenters. The predicted octanol–water partition coefficient (Wildman–Crippen LogP) is 14.6. The van der Waals surface area contributed by atoms with Crippen LogP contribution in [0.3, 0.4) is 0 Å². The molecule has 0 bridgehead atoms. The number of halogens is 1. The van der Waals surface area contributed by atoms with E-state index in [2.05, 4.69) is 112 Å². The number of hydrogen-bond acceptors (Lipinski definition) is 0. The molecule has 0 radical (unpaired) electrons. The maximum atomic E-state index is 12.2. The van der Waals surface area contributed by atoms with Crippen molar-refractivity contribution >= 4 is 22.4 Å². The van der Waals surface area contributed by atoms with Gasteiger partial charge < -0.3 is 0 Å². The molecule has 3 aromatic rings. The molecule has 0 heterocycles. The van der Waals surface area contributed by atoms with E-state index in [-0.39, 0.29) is 12.1 Å². The minimum atomic E-state index is -0.144. The Balaban J connectivity index is 1.34. The minimum Gasteiger partial charge on any atom is -0.251 e. The van der Waals surface area contributed by atoms with E-state index in [0.29, 0.717) is 5.92 Å². The van der Waals surface area contributed by atoms with Gasteiger partial charge >= 0.3 is 0 Å². The second kappa shape index (κ2) is 19.7. The van der Waals surface area contributed by atoms with Crippen LogP contribution in [-0.4, -0.2) is 6.67 Å². The van der Waals surface area contributed by atoms with E-state index in [1.807, 2.05) is 0 Å². The van der Waals surface area contributed by atoms with Gasteiger partial charge in [-0.2, -0.15) is 0 Å². The molecule has 0 nitrogen and oxygen atoms in total. The molecule has 0 amide bonds. The maximum absolute atomic E-state index is 12.2. The van der Waals surface area contributed by atoms with E-state index in [9.17, 15) is 4.39 Å². The van der Waals surface area contributed by atoms with Gasteiger partial charge in [0.1, 0.15) is 0 Å². The van der Waals surface area contributed by atoms with Crippen LogP contribution in [0.1, 0.15) is 153 Å². The quantitative estimate of drug-likeness (QED) is 0.0821. The molecule has 0 saturated heterocycles. The van der Waals surface area contributed by atoms with Crippen molar-refractivity contribution < 1.29 is 4.39 Å². The fraction of sp³-hybridized carbons (Fsp3) is 0.511. The van der Waals surface area contributed by atoms with Gasteiger partial charge in [0.25, 0.3) is 0 Å². The van der Waals surface area contributed by atoms with Gasteiger partial charge in [0, 0.05) is 5.92 Å². The van der Waals surface area contributed by atoms with Crippen LogP contribution in [0.2, 0.25) is 0 Å². The van der Waals surface area contributed by atoms with Crippen molar-refractivity contribution in [1.82, 2.24) is 0 Å². The first-order chi connectivity index (χ1) is 22.5. The zero-order valence-electron chi connectivity index (χ0n) is 29.3. The van der Waals surface area contributed by atoms with E-state index < -0.39 is 0 Å². The SMILES string of the molecule is CC(C)(C)C=CC(=C(CCCCCCCCCCCCCCCCCCF)C1C=Cc2ccccc21)c1cccc2ccccc12. The average molecular weight is 621 g/mol. The predicted molar refractivity (Wildman–Crippen MR) is 202 cm³/mol. The van der Waals surface area contributed by atoms with Crippen LogP contribution in [0.15, 0.2) is 90.5 Å². The van der Waals surface area contributed by atoms with Crippen molar-refractivity contribution in [2.45, 2.75) is 136 Å². The van der Waals surface area contributed by atoms with Gasteiger partial charge in [0.2, 0.25) is 0 Å². The lowest BCUT2D eigenvalue weighted by Gasteiger charge is -2.22. The standard InChI is InChI=1S/C45H61F/c1-45(2,3)35-34-44(41-31-24-27-37-25-19-21-28-39(37)41)42(43-33-32-38-26-20-22-29-40(38)43)30-18-16-14-12-10-8-6-4-5-7-9-11-13-15-17-23-36-46/h19-22,24-29,31-35,43H,4-18,23,30,36H2,1-3H3. The van der Waals surface area contributed by atoms with Gasteiger partial charge in [-0.05, 0) is 57.7 Å². The summed E-state index contributed by atoms with van der Waals surface area (Å²) in [5, 5.41) is 2.65. The molecule has 46 heavy (non-hydrogen) atoms. The third-order valence-electron chi connectivity index (χ3n) is 9.68. The molecule has 3 aromatic carbocycles. The van der Waals surface area contributed by atoms with E-state index in [1.165, 1.54) is 123 Å². The third-order valence-corrected chi connectivity index (χ3v) is 9.68. The highest BCUT2D eigenvalue weighted by molar-refractivity contribution is 5.97. The summed E-state index contributed by atoms with van der Waals surface area (Å²) in [6, 6.07) is 24.7. The molecule has 0 aromatic heterocycles. The highest BCUT2D eigenvalue weighted by Crippen LogP contribution is 2.43. The summed E-state index contributed by atoms with van der Waals surface area (Å²) in [5.41, 5.74) is 7.27. The van der Waals surface area contributed by atoms with E-state index in [4.69, 9.17) is 0 Å². The first-order valence-electron chi connectivity index (χ1n) is 18.7. The second-order valence-corrected chi connectivity index (χ2v) is 14.7. The Labute approximate surface area is 281 Å². The van der Waals surface area contributed by atoms with E-state index in [0.717, 1.165) is 19.3 Å². The normalized spacial score (nSPS) is 15.2. The number of hydrogen-bond donors (Lipinski definition) is 0. The summed E-state index contributed by atoms with van der Waals surface area (Å²) in [6.07, 6.45) is 31.4. The Morgan fingerprint density at radius 3 is 1.80 bits per heavy atom. The Hall–Kier alpha value is -2.93. The highest BCUT2D eigenvalue weighted by Gasteiger charge is 2.24. The molecular weight excluding hydrogens is 559 g/mol. The summed E-state index contributed by atoms with van der Waals surface area (Å²) in [6.45, 7) is 6.76. The fourth-order valence-corrected chi connectivity index (χ4v) is 7.06. The van der Waals surface area contributed by atoms with Crippen molar-refractivity contribution in [2.75, 3.05) is 6.67 Å². The Morgan fingerprint density at radius 2 is 1.17 bits per heavy atom. The summed E-state index contributed by atoms with van der Waals surface area (Å²) in [5.74, 6) is 0.330. The highest BCUT2D eigenvalue weighted by atomic mass is 19.1. The molecule has 0 aliphatic heterocycles. The lowest BCUT2D eigenvalue weighted by molar-refractivity contribution is 0.448. The van der Waals surface area contributed by atoms with E-state index in [1.54, 1.807) is 5.57 Å². The Kier molecular flexibility index (Phi) is 15.4. The Morgan fingerprint density at radius 1 is 0.630 bits per heavy atom. The van der Waals surface area contributed by atoms with Crippen LogP contribution in [0, 0.1) is 5.41 Å². The molecule has 1 aliphatic rings. The molecule has 0 saturated carbocycles. The van der Waals surface area contributed by atoms with Crippen molar-refractivity contribution in [1.29, 1.82) is 0 Å². The lowest BCUT2D eigenvalue weighted by Crippen LogP contribution is -2.04. The third kappa shape index (κ3) is 11.7. The van der Waals surface area contributed by atoms with Gasteiger partial charge in [-0.25, -0.2) is 0 Å². The number of benzene rings is 3. The first kappa shape index (κ1) is 35.9. The number of fused-ring (bicyclic) bond motifs is 2. The zero-order valence-corrected chi connectivity index (χ0v) is 29.3. The summed E-state index contributed by atoms with van der Waals surface area (Å²) in [7, 11) is 0. The van der Waals surface area contributed by atoms with Gasteiger partial charge in [-0.1, -0.05) is 207 Å². The maximum Gasteiger partial charge on any atom is 0.0894 e. The van der Waals surface area contributed by atoms with Gasteiger partial charge in [-0.15, -0.1) is 0 Å². The monoisotopic (exact) mass is 620 g/mol. The molecule has 1 heteroatoms. The van der Waals surface area contributed by atoms with E-state index >= 15 is 0 Å². The van der Waals surface area contributed by atoms with Gasteiger partial charge in [0.05, 0.1) is 6.67 Å². The van der Waals surface area contributed by atoms with Gasteiger partial charge in [0.15, 0.2) is 0 Å². The molecule has 0 fully saturated rings. The minimum absolute atomic E-state index is 0.113. The van der Waals surface area contributed by atoms with Crippen LogP contribution < -0.4 is 0 Å². The molecule has 0 N–H and O–H groups in total. The van der Waals surface area contributed by atoms with Crippen molar-refractivity contribution in [3.8, 4) is 0 Å². The summed E-state index contributed by atoms with van der Waals surface area (Å²) in [4.78, 5) is 0. The molecular formula is C45H61F. The van der Waals surface area contributed by atoms with Crippen LogP contribution in [-0.2, 0) is 0 Å². The van der Waals surface area contributed by atoms with Crippen molar-refractivity contribution in [2.24, 2.45) is 5.41 Å². The van der Waals surface area contributed by atoms with Crippen LogP contribution in [0.25, 0.3) is 22.4 Å². The van der Waals surface area contributed by atoms with Crippen molar-refractivity contribution in [3.05, 3.63) is 107 Å². The van der Waals surface area contributed by atoms with Gasteiger partial charge in [-0.3, -0.25) is 4.39 Å².